The molecule has 1 aromatic heterocycles. The van der Waals surface area contributed by atoms with Crippen LogP contribution in [0, 0.1) is 19.8 Å². The lowest BCUT2D eigenvalue weighted by molar-refractivity contribution is -0.144. The van der Waals surface area contributed by atoms with Gasteiger partial charge in [-0.1, -0.05) is 6.92 Å². The predicted molar refractivity (Wildman–Crippen MR) is 72.4 cm³/mol. The van der Waals surface area contributed by atoms with Crippen LogP contribution in [0.3, 0.4) is 0 Å². The van der Waals surface area contributed by atoms with Crippen LogP contribution in [0.15, 0.2) is 6.20 Å². The zero-order valence-electron chi connectivity index (χ0n) is 12.0. The number of likely N-dealkylation sites (tertiary alicyclic amines) is 1. The van der Waals surface area contributed by atoms with Crippen molar-refractivity contribution in [1.82, 2.24) is 14.9 Å². The minimum Gasteiger partial charge on any atom is -0.480 e. The van der Waals surface area contributed by atoms with Crippen molar-refractivity contribution in [2.24, 2.45) is 5.92 Å². The standard InChI is InChI=1S/C14H19N3O3/c1-8-4-5-17(12(6-8)14(19)20)13(18)11-7-15-10(3)16-9(11)2/h7-8,12H,4-6H2,1-3H3,(H,19,20). The van der Waals surface area contributed by atoms with E-state index in [1.807, 2.05) is 6.92 Å². The van der Waals surface area contributed by atoms with Gasteiger partial charge in [0.15, 0.2) is 0 Å². The highest BCUT2D eigenvalue weighted by molar-refractivity contribution is 5.97. The summed E-state index contributed by atoms with van der Waals surface area (Å²) in [5, 5.41) is 9.31. The Balaban J connectivity index is 2.28. The van der Waals surface area contributed by atoms with E-state index in [2.05, 4.69) is 9.97 Å². The third-order valence-corrected chi connectivity index (χ3v) is 3.74. The van der Waals surface area contributed by atoms with Gasteiger partial charge in [-0.15, -0.1) is 0 Å². The molecule has 1 aliphatic heterocycles. The lowest BCUT2D eigenvalue weighted by atomic mass is 9.92. The number of aliphatic carboxylic acids is 1. The molecule has 2 atom stereocenters. The van der Waals surface area contributed by atoms with E-state index in [0.717, 1.165) is 6.42 Å². The van der Waals surface area contributed by atoms with Crippen molar-refractivity contribution in [2.75, 3.05) is 6.54 Å². The molecule has 1 N–H and O–H groups in total. The first-order chi connectivity index (χ1) is 9.40. The number of rotatable bonds is 2. The molecule has 0 bridgehead atoms. The minimum atomic E-state index is -0.949. The lowest BCUT2D eigenvalue weighted by Gasteiger charge is -2.36. The summed E-state index contributed by atoms with van der Waals surface area (Å²) in [6.07, 6.45) is 2.80. The summed E-state index contributed by atoms with van der Waals surface area (Å²) < 4.78 is 0. The van der Waals surface area contributed by atoms with Crippen molar-refractivity contribution in [3.63, 3.8) is 0 Å². The summed E-state index contributed by atoms with van der Waals surface area (Å²) in [6.45, 7) is 5.97. The van der Waals surface area contributed by atoms with Crippen LogP contribution in [0.4, 0.5) is 0 Å². The SMILES string of the molecule is Cc1ncc(C(=O)N2CCC(C)CC2C(=O)O)c(C)n1. The smallest absolute Gasteiger partial charge is 0.326 e. The van der Waals surface area contributed by atoms with Crippen LogP contribution >= 0.6 is 0 Å². The topological polar surface area (TPSA) is 83.4 Å². The molecule has 108 valence electrons. The Bertz CT molecular complexity index is 544. The molecule has 6 heteroatoms. The molecule has 0 saturated carbocycles. The molecule has 2 rings (SSSR count). The van der Waals surface area contributed by atoms with Gasteiger partial charge in [0.05, 0.1) is 11.3 Å². The number of carbonyl (C=O) groups excluding carboxylic acids is 1. The van der Waals surface area contributed by atoms with E-state index in [1.165, 1.54) is 11.1 Å². The zero-order valence-corrected chi connectivity index (χ0v) is 12.0. The van der Waals surface area contributed by atoms with E-state index in [-0.39, 0.29) is 5.91 Å². The van der Waals surface area contributed by atoms with Gasteiger partial charge >= 0.3 is 5.97 Å². The maximum Gasteiger partial charge on any atom is 0.326 e. The zero-order chi connectivity index (χ0) is 14.9. The average Bonchev–Trinajstić information content (AvgIpc) is 2.37. The van der Waals surface area contributed by atoms with Gasteiger partial charge in [-0.25, -0.2) is 14.8 Å². The van der Waals surface area contributed by atoms with Crippen LogP contribution in [0.1, 0.15) is 41.6 Å². The first-order valence-electron chi connectivity index (χ1n) is 6.74. The molecule has 0 radical (unpaired) electrons. The number of hydrogen-bond donors (Lipinski definition) is 1. The molecule has 0 aliphatic carbocycles. The molecule has 1 fully saturated rings. The molecule has 2 unspecified atom stereocenters. The van der Waals surface area contributed by atoms with Crippen LogP contribution in [0.25, 0.3) is 0 Å². The van der Waals surface area contributed by atoms with E-state index in [4.69, 9.17) is 0 Å². The third-order valence-electron chi connectivity index (χ3n) is 3.74. The Morgan fingerprint density at radius 3 is 2.70 bits per heavy atom. The first-order valence-corrected chi connectivity index (χ1v) is 6.74. The molecule has 1 amide bonds. The largest absolute Gasteiger partial charge is 0.480 e. The van der Waals surface area contributed by atoms with Crippen molar-refractivity contribution >= 4 is 11.9 Å². The second-order valence-electron chi connectivity index (χ2n) is 5.40. The average molecular weight is 277 g/mol. The van der Waals surface area contributed by atoms with Crippen molar-refractivity contribution in [3.8, 4) is 0 Å². The number of carboxylic acid groups (broad SMARTS) is 1. The Kier molecular flexibility index (Phi) is 4.01. The number of amides is 1. The van der Waals surface area contributed by atoms with Crippen LogP contribution in [0.2, 0.25) is 0 Å². The van der Waals surface area contributed by atoms with Gasteiger partial charge in [0.1, 0.15) is 11.9 Å². The molecule has 1 aliphatic rings. The molecule has 0 aromatic carbocycles. The van der Waals surface area contributed by atoms with E-state index in [0.29, 0.717) is 36.0 Å². The predicted octanol–water partition coefficient (Wildman–Crippen LogP) is 1.42. The Morgan fingerprint density at radius 2 is 2.10 bits per heavy atom. The molecule has 6 nitrogen and oxygen atoms in total. The second-order valence-corrected chi connectivity index (χ2v) is 5.40. The van der Waals surface area contributed by atoms with Gasteiger partial charge in [-0.3, -0.25) is 4.79 Å². The Morgan fingerprint density at radius 1 is 1.40 bits per heavy atom. The van der Waals surface area contributed by atoms with E-state index in [9.17, 15) is 14.7 Å². The van der Waals surface area contributed by atoms with Crippen molar-refractivity contribution in [2.45, 2.75) is 39.7 Å². The van der Waals surface area contributed by atoms with Gasteiger partial charge < -0.3 is 10.0 Å². The summed E-state index contributed by atoms with van der Waals surface area (Å²) in [4.78, 5) is 33.5. The normalized spacial score (nSPS) is 22.6. The number of piperidine rings is 1. The van der Waals surface area contributed by atoms with Crippen LogP contribution in [-0.2, 0) is 4.79 Å². The van der Waals surface area contributed by atoms with Gasteiger partial charge in [0, 0.05) is 12.7 Å². The highest BCUT2D eigenvalue weighted by Gasteiger charge is 2.35. The molecule has 1 aromatic rings. The molecule has 2 heterocycles. The number of carbonyl (C=O) groups is 2. The van der Waals surface area contributed by atoms with E-state index in [1.54, 1.807) is 13.8 Å². The van der Waals surface area contributed by atoms with Crippen molar-refractivity contribution in [1.29, 1.82) is 0 Å². The fourth-order valence-corrected chi connectivity index (χ4v) is 2.57. The van der Waals surface area contributed by atoms with E-state index >= 15 is 0 Å². The first kappa shape index (κ1) is 14.4. The van der Waals surface area contributed by atoms with Gasteiger partial charge in [0.2, 0.25) is 0 Å². The summed E-state index contributed by atoms with van der Waals surface area (Å²) in [5.41, 5.74) is 0.974. The maximum absolute atomic E-state index is 12.5. The molecular formula is C14H19N3O3. The lowest BCUT2D eigenvalue weighted by Crippen LogP contribution is -2.50. The minimum absolute atomic E-state index is 0.290. The number of aryl methyl sites for hydroxylation is 2. The second kappa shape index (κ2) is 5.56. The number of nitrogens with zero attached hydrogens (tertiary/aromatic N) is 3. The van der Waals surface area contributed by atoms with Gasteiger partial charge in [-0.2, -0.15) is 0 Å². The molecule has 20 heavy (non-hydrogen) atoms. The van der Waals surface area contributed by atoms with Crippen LogP contribution in [-0.4, -0.2) is 44.4 Å². The van der Waals surface area contributed by atoms with Gasteiger partial charge in [0.25, 0.3) is 5.91 Å². The summed E-state index contributed by atoms with van der Waals surface area (Å²) in [7, 11) is 0. The maximum atomic E-state index is 12.5. The Hall–Kier alpha value is -1.98. The fraction of sp³-hybridized carbons (Fsp3) is 0.571. The molecule has 0 spiro atoms. The monoisotopic (exact) mass is 277 g/mol. The van der Waals surface area contributed by atoms with Crippen molar-refractivity contribution in [3.05, 3.63) is 23.3 Å². The van der Waals surface area contributed by atoms with Crippen LogP contribution < -0.4 is 0 Å². The van der Waals surface area contributed by atoms with Gasteiger partial charge in [-0.05, 0) is 32.6 Å². The van der Waals surface area contributed by atoms with E-state index < -0.39 is 12.0 Å². The van der Waals surface area contributed by atoms with Crippen molar-refractivity contribution < 1.29 is 14.7 Å². The highest BCUT2D eigenvalue weighted by atomic mass is 16.4. The third kappa shape index (κ3) is 2.79. The molecular weight excluding hydrogens is 258 g/mol. The number of aromatic nitrogens is 2. The molecule has 1 saturated heterocycles. The summed E-state index contributed by atoms with van der Waals surface area (Å²) in [6, 6.07) is -0.757. The quantitative estimate of drug-likeness (QED) is 0.883. The summed E-state index contributed by atoms with van der Waals surface area (Å²) >= 11 is 0. The van der Waals surface area contributed by atoms with Crippen LogP contribution in [0.5, 0.6) is 0 Å². The number of carboxylic acids is 1. The summed E-state index contributed by atoms with van der Waals surface area (Å²) in [5.74, 6) is -0.325. The fourth-order valence-electron chi connectivity index (χ4n) is 2.57. The Labute approximate surface area is 117 Å². The number of hydrogen-bond acceptors (Lipinski definition) is 4. The highest BCUT2D eigenvalue weighted by Crippen LogP contribution is 2.24.